The van der Waals surface area contributed by atoms with Crippen LogP contribution < -0.4 is 16.0 Å². The molecular weight excluding hydrogens is 356 g/mol. The number of carbonyl (C=O) groups is 2. The maximum atomic E-state index is 12.3. The van der Waals surface area contributed by atoms with Crippen molar-refractivity contribution >= 4 is 34.8 Å². The van der Waals surface area contributed by atoms with E-state index in [4.69, 9.17) is 15.3 Å². The van der Waals surface area contributed by atoms with E-state index in [1.807, 2.05) is 0 Å². The van der Waals surface area contributed by atoms with Gasteiger partial charge in [0, 0.05) is 24.6 Å². The van der Waals surface area contributed by atoms with Crippen molar-refractivity contribution in [2.24, 2.45) is 10.8 Å². The van der Waals surface area contributed by atoms with Crippen molar-refractivity contribution in [1.82, 2.24) is 10.4 Å². The molecule has 3 heterocycles. The number of carbonyl (C=O) groups excluding carboxylic acids is 1. The van der Waals surface area contributed by atoms with Crippen molar-refractivity contribution in [1.29, 1.82) is 0 Å². The lowest BCUT2D eigenvalue weighted by atomic mass is 9.91. The SMILES string of the molecule is NNC=NCCC1OC(=O)C2=C1c1c(O)ccc3nc(C(=O)O)cc(c13)O2. The maximum absolute atomic E-state index is 12.3. The third kappa shape index (κ3) is 2.62. The number of hydrogen-bond acceptors (Lipinski definition) is 8. The summed E-state index contributed by atoms with van der Waals surface area (Å²) in [5.74, 6) is 3.17. The Balaban J connectivity index is 1.85. The number of esters is 1. The molecule has 1 atom stereocenters. The Morgan fingerprint density at radius 1 is 1.44 bits per heavy atom. The smallest absolute Gasteiger partial charge is 0.375 e. The zero-order valence-electron chi connectivity index (χ0n) is 13.8. The number of carboxylic acids is 1. The minimum Gasteiger partial charge on any atom is -0.507 e. The van der Waals surface area contributed by atoms with Crippen LogP contribution in [0.4, 0.5) is 0 Å². The zero-order valence-corrected chi connectivity index (χ0v) is 13.8. The first-order valence-electron chi connectivity index (χ1n) is 7.99. The maximum Gasteiger partial charge on any atom is 0.375 e. The first-order valence-corrected chi connectivity index (χ1v) is 7.99. The van der Waals surface area contributed by atoms with Crippen LogP contribution in [0.1, 0.15) is 22.5 Å². The van der Waals surface area contributed by atoms with Crippen molar-refractivity contribution in [2.45, 2.75) is 12.5 Å². The van der Waals surface area contributed by atoms with Gasteiger partial charge >= 0.3 is 11.9 Å². The molecule has 2 aliphatic heterocycles. The second-order valence-electron chi connectivity index (χ2n) is 5.89. The summed E-state index contributed by atoms with van der Waals surface area (Å²) in [6.07, 6.45) is 0.984. The highest BCUT2D eigenvalue weighted by Crippen LogP contribution is 2.48. The lowest BCUT2D eigenvalue weighted by Gasteiger charge is -2.21. The number of hydrogen-bond donors (Lipinski definition) is 4. The van der Waals surface area contributed by atoms with Crippen LogP contribution in [0.3, 0.4) is 0 Å². The molecule has 0 radical (unpaired) electrons. The van der Waals surface area contributed by atoms with Crippen LogP contribution in [0.5, 0.6) is 11.5 Å². The summed E-state index contributed by atoms with van der Waals surface area (Å²) in [5.41, 5.74) is 3.12. The summed E-state index contributed by atoms with van der Waals surface area (Å²) in [5, 5.41) is 20.1. The number of cyclic esters (lactones) is 1. The molecule has 2 aliphatic rings. The molecule has 1 aromatic heterocycles. The summed E-state index contributed by atoms with van der Waals surface area (Å²) in [6, 6.07) is 4.10. The van der Waals surface area contributed by atoms with E-state index in [1.54, 1.807) is 0 Å². The topological polar surface area (TPSA) is 156 Å². The van der Waals surface area contributed by atoms with Gasteiger partial charge in [0.1, 0.15) is 17.6 Å². The third-order valence-electron chi connectivity index (χ3n) is 4.30. The van der Waals surface area contributed by atoms with Gasteiger partial charge in [0.2, 0.25) is 5.76 Å². The monoisotopic (exact) mass is 370 g/mol. The van der Waals surface area contributed by atoms with Crippen LogP contribution in [0.25, 0.3) is 16.5 Å². The molecule has 0 spiro atoms. The second kappa shape index (κ2) is 6.25. The normalized spacial score (nSPS) is 17.8. The van der Waals surface area contributed by atoms with E-state index in [0.717, 1.165) is 0 Å². The quantitative estimate of drug-likeness (QED) is 0.194. The number of phenols is 1. The fourth-order valence-corrected chi connectivity index (χ4v) is 3.24. The minimum absolute atomic E-state index is 0.0706. The van der Waals surface area contributed by atoms with Crippen molar-refractivity contribution in [3.8, 4) is 11.5 Å². The molecule has 1 aromatic carbocycles. The number of aromatic nitrogens is 1. The number of rotatable bonds is 5. The summed E-state index contributed by atoms with van der Waals surface area (Å²) < 4.78 is 11.0. The number of benzene rings is 1. The molecule has 0 saturated heterocycles. The standard InChI is InChI=1S/C17H14N4O6/c18-20-6-19-4-3-10-14-13-9(22)2-1-7-12(13)11(5-8(21-7)16(23)24)26-15(14)17(25)27-10/h1-2,5-6,10,22H,3-4,18H2,(H,19,20)(H,23,24). The number of fused-ring (bicyclic) bond motifs is 1. The Bertz CT molecular complexity index is 1050. The average Bonchev–Trinajstić information content (AvgIpc) is 2.96. The first kappa shape index (κ1) is 16.8. The molecule has 10 nitrogen and oxygen atoms in total. The average molecular weight is 370 g/mol. The Morgan fingerprint density at radius 2 is 2.26 bits per heavy atom. The molecule has 0 bridgehead atoms. The van der Waals surface area contributed by atoms with E-state index in [0.29, 0.717) is 35.0 Å². The summed E-state index contributed by atoms with van der Waals surface area (Å²) in [7, 11) is 0. The fraction of sp³-hybridized carbons (Fsp3) is 0.176. The van der Waals surface area contributed by atoms with Crippen LogP contribution in [0.15, 0.2) is 29.0 Å². The number of hydrazine groups is 1. The second-order valence-corrected chi connectivity index (χ2v) is 5.89. The van der Waals surface area contributed by atoms with Crippen LogP contribution >= 0.6 is 0 Å². The number of nitrogens with two attached hydrogens (primary N) is 1. The summed E-state index contributed by atoms with van der Waals surface area (Å²) >= 11 is 0. The lowest BCUT2D eigenvalue weighted by Crippen LogP contribution is -2.20. The zero-order chi connectivity index (χ0) is 19.1. The number of nitrogens with one attached hydrogen (secondary N) is 1. The van der Waals surface area contributed by atoms with Gasteiger partial charge in [-0.2, -0.15) is 0 Å². The number of ether oxygens (including phenoxy) is 2. The van der Waals surface area contributed by atoms with Crippen molar-refractivity contribution in [2.75, 3.05) is 6.54 Å². The van der Waals surface area contributed by atoms with Crippen LogP contribution in [0.2, 0.25) is 0 Å². The Hall–Kier alpha value is -3.66. The summed E-state index contributed by atoms with van der Waals surface area (Å²) in [4.78, 5) is 31.7. The Kier molecular flexibility index (Phi) is 3.89. The molecule has 0 aliphatic carbocycles. The number of aromatic hydroxyl groups is 1. The van der Waals surface area contributed by atoms with E-state index >= 15 is 0 Å². The summed E-state index contributed by atoms with van der Waals surface area (Å²) in [6.45, 7) is 0.318. The molecular formula is C17H14N4O6. The van der Waals surface area contributed by atoms with Gasteiger partial charge in [-0.3, -0.25) is 4.99 Å². The predicted octanol–water partition coefficient (Wildman–Crippen LogP) is 0.549. The molecule has 0 amide bonds. The van der Waals surface area contributed by atoms with Gasteiger partial charge in [0.05, 0.1) is 22.8 Å². The molecule has 0 saturated carbocycles. The third-order valence-corrected chi connectivity index (χ3v) is 4.30. The van der Waals surface area contributed by atoms with Gasteiger partial charge in [-0.05, 0) is 12.1 Å². The van der Waals surface area contributed by atoms with Crippen molar-refractivity contribution in [3.63, 3.8) is 0 Å². The molecule has 1 unspecified atom stereocenters. The number of phenolic OH excluding ortho intramolecular Hbond substituents is 1. The Morgan fingerprint density at radius 3 is 3.00 bits per heavy atom. The highest BCUT2D eigenvalue weighted by molar-refractivity contribution is 6.11. The van der Waals surface area contributed by atoms with Crippen LogP contribution in [0, 0.1) is 0 Å². The van der Waals surface area contributed by atoms with Crippen LogP contribution in [-0.4, -0.2) is 46.1 Å². The molecule has 2 aromatic rings. The van der Waals surface area contributed by atoms with Crippen LogP contribution in [-0.2, 0) is 9.53 Å². The molecule has 27 heavy (non-hydrogen) atoms. The van der Waals surface area contributed by atoms with Gasteiger partial charge in [-0.1, -0.05) is 0 Å². The molecule has 4 rings (SSSR count). The van der Waals surface area contributed by atoms with Gasteiger partial charge in [-0.25, -0.2) is 20.4 Å². The largest absolute Gasteiger partial charge is 0.507 e. The van der Waals surface area contributed by atoms with Gasteiger partial charge in [0.15, 0.2) is 5.69 Å². The number of aromatic carboxylic acids is 1. The molecule has 10 heteroatoms. The Labute approximate surface area is 151 Å². The van der Waals surface area contributed by atoms with E-state index in [9.17, 15) is 19.8 Å². The first-order chi connectivity index (χ1) is 13.0. The van der Waals surface area contributed by atoms with E-state index in [1.165, 1.54) is 24.5 Å². The lowest BCUT2D eigenvalue weighted by molar-refractivity contribution is -0.141. The number of aliphatic imine (C=N–C) groups is 1. The molecule has 5 N–H and O–H groups in total. The number of carboxylic acid groups (broad SMARTS) is 1. The van der Waals surface area contributed by atoms with Gasteiger partial charge < -0.3 is 25.1 Å². The number of nitrogens with zero attached hydrogens (tertiary/aromatic N) is 2. The highest BCUT2D eigenvalue weighted by atomic mass is 16.6. The van der Waals surface area contributed by atoms with Gasteiger partial charge in [-0.15, -0.1) is 0 Å². The highest BCUT2D eigenvalue weighted by Gasteiger charge is 2.42. The molecule has 0 fully saturated rings. The number of pyridine rings is 1. The van der Waals surface area contributed by atoms with E-state index < -0.39 is 18.0 Å². The minimum atomic E-state index is -1.23. The van der Waals surface area contributed by atoms with Crippen molar-refractivity contribution < 1.29 is 29.3 Å². The van der Waals surface area contributed by atoms with E-state index in [2.05, 4.69) is 15.4 Å². The predicted molar refractivity (Wildman–Crippen MR) is 93.1 cm³/mol. The van der Waals surface area contributed by atoms with Gasteiger partial charge in [0.25, 0.3) is 0 Å². The molecule has 138 valence electrons. The fourth-order valence-electron chi connectivity index (χ4n) is 3.24. The van der Waals surface area contributed by atoms with E-state index in [-0.39, 0.29) is 23.0 Å². The van der Waals surface area contributed by atoms with Crippen molar-refractivity contribution in [3.05, 3.63) is 35.2 Å².